The zero-order chi connectivity index (χ0) is 13.0. The minimum absolute atomic E-state index is 0.438. The van der Waals surface area contributed by atoms with E-state index in [0.717, 1.165) is 27.6 Å². The van der Waals surface area contributed by atoms with Crippen LogP contribution in [0.4, 0.5) is 0 Å². The van der Waals surface area contributed by atoms with E-state index in [1.165, 1.54) is 0 Å². The van der Waals surface area contributed by atoms with Crippen molar-refractivity contribution in [2.24, 2.45) is 5.73 Å². The largest absolute Gasteiger partial charge is 0.489 e. The first-order valence-electron chi connectivity index (χ1n) is 5.72. The third-order valence-corrected chi connectivity index (χ3v) is 3.05. The quantitative estimate of drug-likeness (QED) is 0.921. The highest BCUT2D eigenvalue weighted by Crippen LogP contribution is 2.21. The van der Waals surface area contributed by atoms with Crippen LogP contribution in [0.2, 0.25) is 5.02 Å². The van der Waals surface area contributed by atoms with Gasteiger partial charge in [0.2, 0.25) is 0 Å². The Balaban J connectivity index is 2.04. The van der Waals surface area contributed by atoms with Crippen LogP contribution in [0.5, 0.6) is 5.75 Å². The molecule has 0 aliphatic heterocycles. The third kappa shape index (κ3) is 3.22. The molecule has 0 amide bonds. The Morgan fingerprint density at radius 2 is 2.11 bits per heavy atom. The summed E-state index contributed by atoms with van der Waals surface area (Å²) in [4.78, 5) is 4.14. The minimum Gasteiger partial charge on any atom is -0.489 e. The summed E-state index contributed by atoms with van der Waals surface area (Å²) in [7, 11) is 0. The van der Waals surface area contributed by atoms with Crippen molar-refractivity contribution < 1.29 is 4.74 Å². The molecule has 0 unspecified atom stereocenters. The number of hydrogen-bond acceptors (Lipinski definition) is 3. The molecular weight excluding hydrogens is 248 g/mol. The lowest BCUT2D eigenvalue weighted by molar-refractivity contribution is 0.306. The van der Waals surface area contributed by atoms with E-state index in [9.17, 15) is 0 Å². The minimum atomic E-state index is 0.438. The lowest BCUT2D eigenvalue weighted by Gasteiger charge is -2.08. The molecule has 3 nitrogen and oxygen atoms in total. The van der Waals surface area contributed by atoms with Crippen LogP contribution < -0.4 is 10.5 Å². The lowest BCUT2D eigenvalue weighted by atomic mass is 10.2. The summed E-state index contributed by atoms with van der Waals surface area (Å²) < 4.78 is 5.70. The van der Waals surface area contributed by atoms with E-state index in [-0.39, 0.29) is 0 Å². The maximum atomic E-state index is 5.96. The van der Waals surface area contributed by atoms with Crippen LogP contribution >= 0.6 is 11.6 Å². The van der Waals surface area contributed by atoms with E-state index in [1.807, 2.05) is 37.3 Å². The van der Waals surface area contributed by atoms with E-state index in [1.54, 1.807) is 6.20 Å². The van der Waals surface area contributed by atoms with Crippen molar-refractivity contribution in [3.05, 3.63) is 58.4 Å². The number of nitrogens with zero attached hydrogens (tertiary/aromatic N) is 1. The Hall–Kier alpha value is -1.58. The Bertz CT molecular complexity index is 543. The number of nitrogens with two attached hydrogens (primary N) is 1. The molecule has 18 heavy (non-hydrogen) atoms. The van der Waals surface area contributed by atoms with Crippen LogP contribution in [0.3, 0.4) is 0 Å². The molecule has 0 aliphatic rings. The second kappa shape index (κ2) is 5.85. The molecule has 0 spiro atoms. The summed E-state index contributed by atoms with van der Waals surface area (Å²) >= 11 is 5.96. The van der Waals surface area contributed by atoms with E-state index in [2.05, 4.69) is 4.98 Å². The SMILES string of the molecule is Cc1cc(OCc2ccnc(CN)c2)ccc1Cl. The molecule has 0 radical (unpaired) electrons. The number of pyridine rings is 1. The van der Waals surface area contributed by atoms with Crippen LogP contribution in [0.25, 0.3) is 0 Å². The standard InChI is InChI=1S/C14H15ClN2O/c1-10-6-13(2-3-14(10)15)18-9-11-4-5-17-12(7-11)8-16/h2-7H,8-9,16H2,1H3. The van der Waals surface area contributed by atoms with Crippen LogP contribution in [0.15, 0.2) is 36.5 Å². The second-order valence-electron chi connectivity index (χ2n) is 4.06. The number of aromatic nitrogens is 1. The molecule has 0 aliphatic carbocycles. The fourth-order valence-electron chi connectivity index (χ4n) is 1.60. The highest BCUT2D eigenvalue weighted by atomic mass is 35.5. The molecule has 0 fully saturated rings. The van der Waals surface area contributed by atoms with Gasteiger partial charge in [-0.3, -0.25) is 4.98 Å². The van der Waals surface area contributed by atoms with Crippen molar-refractivity contribution in [3.8, 4) is 5.75 Å². The van der Waals surface area contributed by atoms with E-state index < -0.39 is 0 Å². The van der Waals surface area contributed by atoms with Gasteiger partial charge in [0.25, 0.3) is 0 Å². The van der Waals surface area contributed by atoms with Crippen LogP contribution in [-0.4, -0.2) is 4.98 Å². The molecule has 94 valence electrons. The Labute approximate surface area is 112 Å². The highest BCUT2D eigenvalue weighted by molar-refractivity contribution is 6.31. The van der Waals surface area contributed by atoms with Crippen molar-refractivity contribution >= 4 is 11.6 Å². The van der Waals surface area contributed by atoms with E-state index in [4.69, 9.17) is 22.1 Å². The van der Waals surface area contributed by atoms with Gasteiger partial charge in [0, 0.05) is 17.8 Å². The third-order valence-electron chi connectivity index (χ3n) is 2.63. The fraction of sp³-hybridized carbons (Fsp3) is 0.214. The smallest absolute Gasteiger partial charge is 0.120 e. The molecular formula is C14H15ClN2O. The fourth-order valence-corrected chi connectivity index (χ4v) is 1.72. The van der Waals surface area contributed by atoms with Crippen molar-refractivity contribution in [1.82, 2.24) is 4.98 Å². The average Bonchev–Trinajstić information content (AvgIpc) is 2.40. The van der Waals surface area contributed by atoms with Gasteiger partial charge in [-0.1, -0.05) is 11.6 Å². The molecule has 4 heteroatoms. The molecule has 2 aromatic rings. The summed E-state index contributed by atoms with van der Waals surface area (Å²) in [5, 5.41) is 0.747. The Morgan fingerprint density at radius 3 is 2.83 bits per heavy atom. The number of hydrogen-bond donors (Lipinski definition) is 1. The summed E-state index contributed by atoms with van der Waals surface area (Å²) in [5.74, 6) is 0.808. The number of ether oxygens (including phenoxy) is 1. The zero-order valence-corrected chi connectivity index (χ0v) is 10.9. The molecule has 0 saturated heterocycles. The Morgan fingerprint density at radius 1 is 1.28 bits per heavy atom. The summed E-state index contributed by atoms with van der Waals surface area (Å²) in [6.07, 6.45) is 1.74. The molecule has 0 bridgehead atoms. The normalized spacial score (nSPS) is 10.4. The Kier molecular flexibility index (Phi) is 4.18. The first kappa shape index (κ1) is 12.9. The van der Waals surface area contributed by atoms with Crippen molar-refractivity contribution in [2.45, 2.75) is 20.1 Å². The topological polar surface area (TPSA) is 48.1 Å². The lowest BCUT2D eigenvalue weighted by Crippen LogP contribution is -2.02. The van der Waals surface area contributed by atoms with Gasteiger partial charge in [-0.2, -0.15) is 0 Å². The van der Waals surface area contributed by atoms with Gasteiger partial charge >= 0.3 is 0 Å². The van der Waals surface area contributed by atoms with E-state index >= 15 is 0 Å². The van der Waals surface area contributed by atoms with E-state index in [0.29, 0.717) is 13.2 Å². The maximum absolute atomic E-state index is 5.96. The average molecular weight is 263 g/mol. The van der Waals surface area contributed by atoms with Gasteiger partial charge in [0.05, 0.1) is 5.69 Å². The highest BCUT2D eigenvalue weighted by Gasteiger charge is 2.00. The molecule has 1 heterocycles. The van der Waals surface area contributed by atoms with Crippen LogP contribution in [0, 0.1) is 6.92 Å². The number of halogens is 1. The first-order chi connectivity index (χ1) is 8.69. The molecule has 0 atom stereocenters. The number of rotatable bonds is 4. The maximum Gasteiger partial charge on any atom is 0.120 e. The van der Waals surface area contributed by atoms with Gasteiger partial charge < -0.3 is 10.5 Å². The zero-order valence-electron chi connectivity index (χ0n) is 10.2. The summed E-state index contributed by atoms with van der Waals surface area (Å²) in [6, 6.07) is 9.49. The summed E-state index contributed by atoms with van der Waals surface area (Å²) in [6.45, 7) is 2.89. The number of benzene rings is 1. The summed E-state index contributed by atoms with van der Waals surface area (Å²) in [5.41, 5.74) is 8.47. The van der Waals surface area contributed by atoms with Gasteiger partial charge in [-0.15, -0.1) is 0 Å². The van der Waals surface area contributed by atoms with Crippen molar-refractivity contribution in [1.29, 1.82) is 0 Å². The van der Waals surface area contributed by atoms with Crippen LogP contribution in [0.1, 0.15) is 16.8 Å². The van der Waals surface area contributed by atoms with Crippen molar-refractivity contribution in [2.75, 3.05) is 0 Å². The molecule has 1 aromatic carbocycles. The van der Waals surface area contributed by atoms with Crippen LogP contribution in [-0.2, 0) is 13.2 Å². The van der Waals surface area contributed by atoms with Gasteiger partial charge in [-0.25, -0.2) is 0 Å². The molecule has 2 rings (SSSR count). The predicted octanol–water partition coefficient (Wildman–Crippen LogP) is 3.08. The molecule has 0 saturated carbocycles. The monoisotopic (exact) mass is 262 g/mol. The van der Waals surface area contributed by atoms with Gasteiger partial charge in [0.15, 0.2) is 0 Å². The second-order valence-corrected chi connectivity index (χ2v) is 4.47. The molecule has 2 N–H and O–H groups in total. The van der Waals surface area contributed by atoms with Gasteiger partial charge in [-0.05, 0) is 48.4 Å². The first-order valence-corrected chi connectivity index (χ1v) is 6.09. The number of aryl methyl sites for hydroxylation is 1. The van der Waals surface area contributed by atoms with Crippen molar-refractivity contribution in [3.63, 3.8) is 0 Å². The predicted molar refractivity (Wildman–Crippen MR) is 72.6 cm³/mol. The van der Waals surface area contributed by atoms with Gasteiger partial charge in [0.1, 0.15) is 12.4 Å². The molecule has 1 aromatic heterocycles.